The summed E-state index contributed by atoms with van der Waals surface area (Å²) in [6, 6.07) is 20.5. The number of carbonyl (C=O) groups excluding carboxylic acids is 3. The molecule has 238 valence electrons. The summed E-state index contributed by atoms with van der Waals surface area (Å²) in [5.41, 5.74) is 2.61. The van der Waals surface area contributed by atoms with Gasteiger partial charge in [0, 0.05) is 49.4 Å². The average molecular weight is 636 g/mol. The molecule has 0 unspecified atom stereocenters. The van der Waals surface area contributed by atoms with Crippen LogP contribution in [0.5, 0.6) is 17.2 Å². The highest BCUT2D eigenvalue weighted by molar-refractivity contribution is 5.97. The van der Waals surface area contributed by atoms with Gasteiger partial charge in [0.1, 0.15) is 40.9 Å². The molecular weight excluding hydrogens is 605 g/mol. The lowest BCUT2D eigenvalue weighted by atomic mass is 9.98. The van der Waals surface area contributed by atoms with Gasteiger partial charge in [-0.15, -0.1) is 0 Å². The Morgan fingerprint density at radius 1 is 1.06 bits per heavy atom. The quantitative estimate of drug-likeness (QED) is 0.338. The second-order valence-electron chi connectivity index (χ2n) is 11.1. The third-order valence-electron chi connectivity index (χ3n) is 7.96. The Labute approximate surface area is 269 Å². The lowest BCUT2D eigenvalue weighted by molar-refractivity contribution is -0.123. The number of rotatable bonds is 2. The number of methoxy groups -OCH3 is 1. The molecule has 11 nitrogen and oxygen atoms in total. The lowest BCUT2D eigenvalue weighted by Gasteiger charge is -2.39. The number of benzene rings is 3. The molecule has 3 amide bonds. The summed E-state index contributed by atoms with van der Waals surface area (Å²) in [5, 5.41) is 14.8. The van der Waals surface area contributed by atoms with Crippen LogP contribution < -0.4 is 24.8 Å². The minimum absolute atomic E-state index is 0.0329. The molecular formula is C35H30FN5O6. The van der Waals surface area contributed by atoms with E-state index in [1.807, 2.05) is 12.1 Å². The maximum absolute atomic E-state index is 14.7. The standard InChI is InChI=1S/C35H30FN5O6/c1-45-31-8-6-23-14-29(31)22-3-2-4-27(13-22)46-20-33(42)39-17-21-11-25(36)15-28(12-21)47-32-9-10-41(19-30(32)40-34(23)43)35(44)24-5-7-26(16-37)38-18-24/h2-8,11-15,18,30,32H,9-10,17,19-20H2,1H3,(H,39,42)(H,40,43)/t30-,32-/m1/s1. The van der Waals surface area contributed by atoms with Crippen molar-refractivity contribution in [1.29, 1.82) is 5.26 Å². The molecule has 2 aliphatic rings. The van der Waals surface area contributed by atoms with E-state index in [9.17, 15) is 18.8 Å². The van der Waals surface area contributed by atoms with E-state index in [-0.39, 0.29) is 43.6 Å². The molecule has 6 rings (SSSR count). The summed E-state index contributed by atoms with van der Waals surface area (Å²) in [4.78, 5) is 45.4. The lowest BCUT2D eigenvalue weighted by Crippen LogP contribution is -2.58. The summed E-state index contributed by atoms with van der Waals surface area (Å²) in [6.07, 6.45) is 1.04. The molecule has 0 aliphatic carbocycles. The van der Waals surface area contributed by atoms with Crippen LogP contribution in [0.15, 0.2) is 79.0 Å². The third kappa shape index (κ3) is 7.15. The van der Waals surface area contributed by atoms with Gasteiger partial charge >= 0.3 is 0 Å². The molecule has 0 spiro atoms. The molecule has 2 aliphatic heterocycles. The van der Waals surface area contributed by atoms with Gasteiger partial charge in [0.05, 0.1) is 18.7 Å². The molecule has 0 saturated carbocycles. The van der Waals surface area contributed by atoms with Crippen molar-refractivity contribution in [3.8, 4) is 34.4 Å². The Balaban J connectivity index is 1.36. The number of ether oxygens (including phenoxy) is 3. The van der Waals surface area contributed by atoms with Crippen LogP contribution in [-0.2, 0) is 11.3 Å². The molecule has 3 aromatic carbocycles. The number of hydrogen-bond donors (Lipinski definition) is 2. The number of hydrogen-bond acceptors (Lipinski definition) is 8. The van der Waals surface area contributed by atoms with Crippen LogP contribution in [0.4, 0.5) is 4.39 Å². The molecule has 4 aromatic rings. The van der Waals surface area contributed by atoms with Gasteiger partial charge < -0.3 is 29.7 Å². The fraction of sp³-hybridized carbons (Fsp3) is 0.229. The largest absolute Gasteiger partial charge is 0.496 e. The number of nitrogens with zero attached hydrogens (tertiary/aromatic N) is 3. The normalized spacial score (nSPS) is 17.9. The van der Waals surface area contributed by atoms with Crippen LogP contribution in [-0.4, -0.2) is 66.6 Å². The summed E-state index contributed by atoms with van der Waals surface area (Å²) < 4.78 is 32.3. The zero-order valence-corrected chi connectivity index (χ0v) is 25.4. The Morgan fingerprint density at radius 3 is 2.72 bits per heavy atom. The molecule has 47 heavy (non-hydrogen) atoms. The van der Waals surface area contributed by atoms with Crippen molar-refractivity contribution in [2.24, 2.45) is 0 Å². The van der Waals surface area contributed by atoms with Crippen LogP contribution in [0.1, 0.15) is 38.4 Å². The number of piperidine rings is 1. The van der Waals surface area contributed by atoms with Crippen LogP contribution in [0.2, 0.25) is 0 Å². The number of nitriles is 1. The Bertz CT molecular complexity index is 1880. The van der Waals surface area contributed by atoms with Crippen molar-refractivity contribution in [1.82, 2.24) is 20.5 Å². The van der Waals surface area contributed by atoms with Crippen LogP contribution in [0.3, 0.4) is 0 Å². The number of amides is 3. The SMILES string of the molecule is COc1ccc2cc1-c1cccc(c1)OCC(=O)NCc1cc(F)cc(c1)O[C@@H]1CCN(C(=O)c3ccc(C#N)nc3)C[C@H]1NC2=O. The summed E-state index contributed by atoms with van der Waals surface area (Å²) in [7, 11) is 1.53. The van der Waals surface area contributed by atoms with Gasteiger partial charge in [-0.3, -0.25) is 14.4 Å². The van der Waals surface area contributed by atoms with E-state index in [1.165, 1.54) is 37.6 Å². The topological polar surface area (TPSA) is 143 Å². The van der Waals surface area contributed by atoms with Gasteiger partial charge in [-0.2, -0.15) is 5.26 Å². The Kier molecular flexibility index (Phi) is 8.97. The number of halogens is 1. The van der Waals surface area contributed by atoms with E-state index in [0.717, 1.165) is 0 Å². The number of fused-ring (bicyclic) bond motifs is 8. The minimum Gasteiger partial charge on any atom is -0.496 e. The highest BCUT2D eigenvalue weighted by atomic mass is 19.1. The Hall–Kier alpha value is -5.96. The fourth-order valence-corrected chi connectivity index (χ4v) is 5.61. The number of aromatic nitrogens is 1. The first-order valence-corrected chi connectivity index (χ1v) is 14.9. The predicted molar refractivity (Wildman–Crippen MR) is 167 cm³/mol. The van der Waals surface area contributed by atoms with Crippen molar-refractivity contribution in [3.05, 3.63) is 107 Å². The maximum atomic E-state index is 14.7. The van der Waals surface area contributed by atoms with Crippen molar-refractivity contribution in [2.75, 3.05) is 26.8 Å². The zero-order chi connectivity index (χ0) is 32.9. The summed E-state index contributed by atoms with van der Waals surface area (Å²) in [5.74, 6) is -0.519. The first kappa shape index (κ1) is 31.0. The fourth-order valence-electron chi connectivity index (χ4n) is 5.61. The summed E-state index contributed by atoms with van der Waals surface area (Å²) in [6.45, 7) is 0.150. The van der Waals surface area contributed by atoms with Crippen molar-refractivity contribution < 1.29 is 33.0 Å². The molecule has 3 heterocycles. The van der Waals surface area contributed by atoms with Gasteiger partial charge in [0.2, 0.25) is 0 Å². The van der Waals surface area contributed by atoms with Crippen LogP contribution >= 0.6 is 0 Å². The number of nitrogens with one attached hydrogen (secondary N) is 2. The second kappa shape index (κ2) is 13.6. The first-order chi connectivity index (χ1) is 22.8. The molecule has 1 fully saturated rings. The number of likely N-dealkylation sites (tertiary alicyclic amines) is 1. The smallest absolute Gasteiger partial charge is 0.258 e. The second-order valence-corrected chi connectivity index (χ2v) is 11.1. The van der Waals surface area contributed by atoms with Gasteiger partial charge in [0.25, 0.3) is 17.7 Å². The van der Waals surface area contributed by atoms with Crippen LogP contribution in [0.25, 0.3) is 11.1 Å². The average Bonchev–Trinajstić information content (AvgIpc) is 3.09. The minimum atomic E-state index is -0.692. The molecule has 2 N–H and O–H groups in total. The third-order valence-corrected chi connectivity index (χ3v) is 7.96. The van der Waals surface area contributed by atoms with Gasteiger partial charge in [-0.05, 0) is 65.7 Å². The molecule has 2 atom stereocenters. The van der Waals surface area contributed by atoms with Crippen molar-refractivity contribution in [3.63, 3.8) is 0 Å². The monoisotopic (exact) mass is 635 g/mol. The Morgan fingerprint density at radius 2 is 1.94 bits per heavy atom. The molecule has 1 aromatic heterocycles. The van der Waals surface area contributed by atoms with E-state index in [2.05, 4.69) is 15.6 Å². The zero-order valence-electron chi connectivity index (χ0n) is 25.4. The number of carbonyl (C=O) groups is 3. The molecule has 1 saturated heterocycles. The highest BCUT2D eigenvalue weighted by Gasteiger charge is 2.35. The van der Waals surface area contributed by atoms with E-state index >= 15 is 0 Å². The van der Waals surface area contributed by atoms with Crippen molar-refractivity contribution >= 4 is 17.7 Å². The van der Waals surface area contributed by atoms with Crippen LogP contribution in [0, 0.1) is 17.1 Å². The van der Waals surface area contributed by atoms with Crippen molar-refractivity contribution in [2.45, 2.75) is 25.1 Å². The van der Waals surface area contributed by atoms with Gasteiger partial charge in [0.15, 0.2) is 6.61 Å². The predicted octanol–water partition coefficient (Wildman–Crippen LogP) is 3.87. The molecule has 12 heteroatoms. The maximum Gasteiger partial charge on any atom is 0.258 e. The summed E-state index contributed by atoms with van der Waals surface area (Å²) >= 11 is 0. The number of pyridine rings is 1. The van der Waals surface area contributed by atoms with E-state index in [4.69, 9.17) is 19.5 Å². The molecule has 6 bridgehead atoms. The first-order valence-electron chi connectivity index (χ1n) is 14.9. The highest BCUT2D eigenvalue weighted by Crippen LogP contribution is 2.33. The van der Waals surface area contributed by atoms with Gasteiger partial charge in [-0.25, -0.2) is 9.37 Å². The molecule has 0 radical (unpaired) electrons. The van der Waals surface area contributed by atoms with E-state index in [1.54, 1.807) is 47.4 Å². The van der Waals surface area contributed by atoms with Gasteiger partial charge in [-0.1, -0.05) is 12.1 Å². The van der Waals surface area contributed by atoms with E-state index in [0.29, 0.717) is 45.7 Å². The van der Waals surface area contributed by atoms with E-state index < -0.39 is 29.8 Å².